The summed E-state index contributed by atoms with van der Waals surface area (Å²) in [5.74, 6) is -3.62. The van der Waals surface area contributed by atoms with Gasteiger partial charge < -0.3 is 15.7 Å². The van der Waals surface area contributed by atoms with Gasteiger partial charge in [-0.3, -0.25) is 19.2 Å². The van der Waals surface area contributed by atoms with Gasteiger partial charge in [-0.1, -0.05) is 58.0 Å². The lowest BCUT2D eigenvalue weighted by Gasteiger charge is -2.46. The number of hydrogen-bond donors (Lipinski definition) is 3. The van der Waals surface area contributed by atoms with E-state index in [0.717, 1.165) is 24.7 Å². The Hall–Kier alpha value is -2.79. The number of ketones is 1. The number of carboxylic acids is 1. The summed E-state index contributed by atoms with van der Waals surface area (Å²) in [6.45, 7) is 7.51. The van der Waals surface area contributed by atoms with Crippen molar-refractivity contribution in [1.82, 2.24) is 14.9 Å². The Bertz CT molecular complexity index is 1220. The number of rotatable bonds is 15. The molecule has 2 aliphatic carbocycles. The lowest BCUT2D eigenvalue weighted by atomic mass is 9.76. The summed E-state index contributed by atoms with van der Waals surface area (Å²) in [6, 6.07) is 8.23. The number of hydrogen-bond acceptors (Lipinski definition) is 6. The van der Waals surface area contributed by atoms with Crippen molar-refractivity contribution in [3.8, 4) is 0 Å². The van der Waals surface area contributed by atoms with Gasteiger partial charge in [0, 0.05) is 24.4 Å². The van der Waals surface area contributed by atoms with Crippen molar-refractivity contribution in [2.24, 2.45) is 23.2 Å². The number of fused-ring (bicyclic) bond motifs is 2. The molecule has 41 heavy (non-hydrogen) atoms. The molecule has 0 aromatic heterocycles. The van der Waals surface area contributed by atoms with E-state index in [1.165, 1.54) is 4.31 Å². The molecule has 2 amide bonds. The van der Waals surface area contributed by atoms with Crippen molar-refractivity contribution >= 4 is 33.6 Å². The number of benzene rings is 1. The van der Waals surface area contributed by atoms with Crippen molar-refractivity contribution in [2.45, 2.75) is 84.2 Å². The van der Waals surface area contributed by atoms with Crippen LogP contribution in [0.2, 0.25) is 0 Å². The average Bonchev–Trinajstić information content (AvgIpc) is 3.28. The predicted molar refractivity (Wildman–Crippen MR) is 155 cm³/mol. The number of amides is 2. The fourth-order valence-electron chi connectivity index (χ4n) is 6.84. The second-order valence-electron chi connectivity index (χ2n) is 12.6. The molecule has 0 heterocycles. The molecule has 3 rings (SSSR count). The highest BCUT2D eigenvalue weighted by Gasteiger charge is 2.63. The molecule has 2 fully saturated rings. The van der Waals surface area contributed by atoms with Crippen LogP contribution in [-0.4, -0.2) is 72.3 Å². The molecule has 2 bridgehead atoms. The minimum atomic E-state index is -3.82. The first-order valence-corrected chi connectivity index (χ1v) is 16.3. The largest absolute Gasteiger partial charge is 0.481 e. The highest BCUT2D eigenvalue weighted by atomic mass is 32.2. The fraction of sp³-hybridized carbons (Fsp3) is 0.667. The van der Waals surface area contributed by atoms with Crippen LogP contribution >= 0.6 is 0 Å². The van der Waals surface area contributed by atoms with Crippen LogP contribution in [0.3, 0.4) is 0 Å². The van der Waals surface area contributed by atoms with E-state index in [9.17, 15) is 32.7 Å². The van der Waals surface area contributed by atoms with E-state index in [0.29, 0.717) is 31.7 Å². The van der Waals surface area contributed by atoms with E-state index < -0.39 is 58.1 Å². The van der Waals surface area contributed by atoms with Crippen LogP contribution < -0.4 is 10.6 Å². The van der Waals surface area contributed by atoms with Crippen LogP contribution in [0.5, 0.6) is 0 Å². The number of carbonyl (C=O) groups excluding carboxylic acids is 3. The molecule has 2 unspecified atom stereocenters. The lowest BCUT2D eigenvalue weighted by Crippen LogP contribution is -2.59. The molecule has 0 aliphatic heterocycles. The second kappa shape index (κ2) is 13.0. The Morgan fingerprint density at radius 2 is 1.66 bits per heavy atom. The summed E-state index contributed by atoms with van der Waals surface area (Å²) in [7, 11) is -3.82. The first-order valence-electron chi connectivity index (χ1n) is 14.4. The maximum Gasteiger partial charge on any atom is 0.305 e. The number of Topliss-reactive ketones (excluding diaryl/α,β-unsaturated/α-hetero) is 1. The highest BCUT2D eigenvalue weighted by Crippen LogP contribution is 2.63. The molecule has 0 spiro atoms. The number of aliphatic carboxylic acids is 1. The quantitative estimate of drug-likeness (QED) is 0.284. The molecular formula is C30H45N3O7S. The third-order valence-electron chi connectivity index (χ3n) is 9.42. The third kappa shape index (κ3) is 7.54. The molecule has 1 aromatic rings. The Morgan fingerprint density at radius 3 is 2.15 bits per heavy atom. The summed E-state index contributed by atoms with van der Waals surface area (Å²) >= 11 is 0. The maximum absolute atomic E-state index is 13.5. The van der Waals surface area contributed by atoms with E-state index in [2.05, 4.69) is 10.6 Å². The van der Waals surface area contributed by atoms with E-state index in [4.69, 9.17) is 0 Å². The summed E-state index contributed by atoms with van der Waals surface area (Å²) in [5, 5.41) is 14.9. The van der Waals surface area contributed by atoms with Crippen molar-refractivity contribution in [2.75, 3.05) is 19.3 Å². The van der Waals surface area contributed by atoms with E-state index in [1.54, 1.807) is 13.8 Å². The van der Waals surface area contributed by atoms with Crippen LogP contribution in [0, 0.1) is 23.2 Å². The molecule has 11 heteroatoms. The van der Waals surface area contributed by atoms with Gasteiger partial charge in [0.1, 0.15) is 0 Å². The Kier molecular flexibility index (Phi) is 10.4. The van der Waals surface area contributed by atoms with Crippen LogP contribution in [0.4, 0.5) is 0 Å². The SMILES string of the molecule is CC(C)C(CC(=O)NCCc1ccccc1)C(=O)NC(CC(=O)O)C(=O)CN(C12CCC(CC1)C2(C)C)S(C)(=O)=O. The van der Waals surface area contributed by atoms with Crippen molar-refractivity contribution in [1.29, 1.82) is 0 Å². The zero-order chi connectivity index (χ0) is 30.6. The zero-order valence-corrected chi connectivity index (χ0v) is 25.6. The minimum absolute atomic E-state index is 0.125. The average molecular weight is 592 g/mol. The molecule has 1 aromatic carbocycles. The van der Waals surface area contributed by atoms with Gasteiger partial charge in [-0.25, -0.2) is 8.42 Å². The lowest BCUT2D eigenvalue weighted by molar-refractivity contribution is -0.141. The Balaban J connectivity index is 1.70. The molecule has 2 saturated carbocycles. The van der Waals surface area contributed by atoms with Gasteiger partial charge in [0.15, 0.2) is 5.78 Å². The number of carboxylic acid groups (broad SMARTS) is 1. The van der Waals surface area contributed by atoms with Crippen LogP contribution in [-0.2, 0) is 35.6 Å². The molecule has 228 valence electrons. The normalized spacial score (nSPS) is 22.9. The van der Waals surface area contributed by atoms with Crippen LogP contribution in [0.1, 0.15) is 71.8 Å². The van der Waals surface area contributed by atoms with E-state index >= 15 is 0 Å². The Morgan fingerprint density at radius 1 is 1.05 bits per heavy atom. The summed E-state index contributed by atoms with van der Waals surface area (Å²) in [6.07, 6.45) is 3.90. The standard InChI is InChI=1S/C30H45N3O7S/c1-20(2)23(17-26(35)31-16-13-21-9-7-6-8-10-21)28(38)32-24(18-27(36)37)25(34)19-33(41(5,39)40)30-14-11-22(12-15-30)29(30,3)4/h6-10,20,22-24H,11-19H2,1-5H3,(H,31,35)(H,32,38)(H,36,37). The van der Waals surface area contributed by atoms with Gasteiger partial charge >= 0.3 is 5.97 Å². The molecule has 2 aliphatic rings. The van der Waals surface area contributed by atoms with Gasteiger partial charge in [0.25, 0.3) is 0 Å². The fourth-order valence-corrected chi connectivity index (χ4v) is 8.26. The van der Waals surface area contributed by atoms with Gasteiger partial charge in [-0.15, -0.1) is 0 Å². The minimum Gasteiger partial charge on any atom is -0.481 e. The van der Waals surface area contributed by atoms with E-state index in [-0.39, 0.29) is 23.7 Å². The summed E-state index contributed by atoms with van der Waals surface area (Å²) < 4.78 is 27.3. The molecule has 3 N–H and O–H groups in total. The predicted octanol–water partition coefficient (Wildman–Crippen LogP) is 2.77. The number of nitrogens with zero attached hydrogens (tertiary/aromatic N) is 1. The van der Waals surface area contributed by atoms with Gasteiger partial charge in [-0.05, 0) is 54.9 Å². The second-order valence-corrected chi connectivity index (χ2v) is 14.5. The van der Waals surface area contributed by atoms with Crippen molar-refractivity contribution < 1.29 is 32.7 Å². The zero-order valence-electron chi connectivity index (χ0n) is 24.8. The molecule has 10 nitrogen and oxygen atoms in total. The highest BCUT2D eigenvalue weighted by molar-refractivity contribution is 7.88. The topological polar surface area (TPSA) is 150 Å². The monoisotopic (exact) mass is 591 g/mol. The summed E-state index contributed by atoms with van der Waals surface area (Å²) in [4.78, 5) is 51.2. The number of carbonyl (C=O) groups is 4. The molecule has 2 atom stereocenters. The van der Waals surface area contributed by atoms with Gasteiger partial charge in [0.2, 0.25) is 21.8 Å². The van der Waals surface area contributed by atoms with Crippen LogP contribution in [0.15, 0.2) is 30.3 Å². The van der Waals surface area contributed by atoms with Gasteiger partial charge in [-0.2, -0.15) is 4.31 Å². The molecular weight excluding hydrogens is 546 g/mol. The molecule has 0 saturated heterocycles. The maximum atomic E-state index is 13.5. The first kappa shape index (κ1) is 32.7. The van der Waals surface area contributed by atoms with Gasteiger partial charge in [0.05, 0.1) is 25.3 Å². The smallest absolute Gasteiger partial charge is 0.305 e. The summed E-state index contributed by atoms with van der Waals surface area (Å²) in [5.41, 5.74) is 0.00737. The Labute approximate surface area is 243 Å². The van der Waals surface area contributed by atoms with E-state index in [1.807, 2.05) is 44.2 Å². The number of sulfonamides is 1. The van der Waals surface area contributed by atoms with Crippen molar-refractivity contribution in [3.05, 3.63) is 35.9 Å². The van der Waals surface area contributed by atoms with Crippen LogP contribution in [0.25, 0.3) is 0 Å². The number of nitrogens with one attached hydrogen (secondary N) is 2. The third-order valence-corrected chi connectivity index (χ3v) is 10.7. The van der Waals surface area contributed by atoms with Crippen molar-refractivity contribution in [3.63, 3.8) is 0 Å². The molecule has 0 radical (unpaired) electrons. The first-order chi connectivity index (χ1) is 19.1.